The number of fused-ring (bicyclic) bond motifs is 1. The summed E-state index contributed by atoms with van der Waals surface area (Å²) in [6.07, 6.45) is 13.9. The van der Waals surface area contributed by atoms with Gasteiger partial charge in [0.25, 0.3) is 0 Å². The number of aliphatic hydroxyl groups excluding tert-OH is 2. The molecule has 162 valence electrons. The number of unbranched alkanes of at least 4 members (excludes halogenated alkanes) is 2. The average Bonchev–Trinajstić information content (AvgIpc) is 2.71. The van der Waals surface area contributed by atoms with E-state index in [0.29, 0.717) is 11.8 Å². The first-order valence-electron chi connectivity index (χ1n) is 11.8. The number of hydrogen-bond donors (Lipinski definition) is 3. The predicted molar refractivity (Wildman–Crippen MR) is 114 cm³/mol. The molecule has 3 saturated carbocycles. The summed E-state index contributed by atoms with van der Waals surface area (Å²) in [6.45, 7) is 2.24. The summed E-state index contributed by atoms with van der Waals surface area (Å²) in [6, 6.07) is 0. The van der Waals surface area contributed by atoms with Gasteiger partial charge in [-0.25, -0.2) is 0 Å². The van der Waals surface area contributed by atoms with Crippen molar-refractivity contribution in [3.63, 3.8) is 0 Å². The first kappa shape index (κ1) is 22.4. The second-order valence-electron chi connectivity index (χ2n) is 9.45. The van der Waals surface area contributed by atoms with Crippen LogP contribution in [-0.4, -0.2) is 33.5 Å². The van der Waals surface area contributed by atoms with Gasteiger partial charge in [0.15, 0.2) is 0 Å². The molecule has 0 aliphatic heterocycles. The van der Waals surface area contributed by atoms with Crippen LogP contribution in [0.15, 0.2) is 11.6 Å². The van der Waals surface area contributed by atoms with Crippen molar-refractivity contribution in [3.8, 4) is 11.8 Å². The summed E-state index contributed by atoms with van der Waals surface area (Å²) in [4.78, 5) is 10.7. The molecule has 3 aliphatic carbocycles. The third-order valence-electron chi connectivity index (χ3n) is 7.88. The van der Waals surface area contributed by atoms with E-state index in [1.165, 1.54) is 24.8 Å². The SMILES string of the molecule is CC[C@@]12CC[C@H](O)[C@@H](C#CC(O)C3CCCCC3)[C@@H]1CC2=CCCCCC(=O)O. The summed E-state index contributed by atoms with van der Waals surface area (Å²) in [5.74, 6) is 6.39. The molecule has 3 rings (SSSR count). The van der Waals surface area contributed by atoms with Crippen LogP contribution < -0.4 is 0 Å². The number of rotatable bonds is 7. The van der Waals surface area contributed by atoms with Crippen molar-refractivity contribution >= 4 is 5.97 Å². The number of aliphatic carboxylic acids is 1. The fourth-order valence-electron chi connectivity index (χ4n) is 6.01. The summed E-state index contributed by atoms with van der Waals surface area (Å²) in [5, 5.41) is 30.0. The maximum atomic E-state index is 10.7. The van der Waals surface area contributed by atoms with Crippen molar-refractivity contribution in [1.29, 1.82) is 0 Å². The fourth-order valence-corrected chi connectivity index (χ4v) is 6.01. The number of hydrogen-bond acceptors (Lipinski definition) is 3. The molecule has 0 aromatic rings. The minimum absolute atomic E-state index is 0.0360. The molecule has 4 nitrogen and oxygen atoms in total. The molecule has 3 fully saturated rings. The molecule has 0 aromatic heterocycles. The highest BCUT2D eigenvalue weighted by Crippen LogP contribution is 2.63. The van der Waals surface area contributed by atoms with Gasteiger partial charge in [-0.05, 0) is 75.0 Å². The van der Waals surface area contributed by atoms with E-state index in [4.69, 9.17) is 5.11 Å². The van der Waals surface area contributed by atoms with Crippen LogP contribution in [0.3, 0.4) is 0 Å². The van der Waals surface area contributed by atoms with Crippen molar-refractivity contribution in [3.05, 3.63) is 11.6 Å². The van der Waals surface area contributed by atoms with E-state index >= 15 is 0 Å². The minimum Gasteiger partial charge on any atom is -0.481 e. The molecule has 3 aliphatic rings. The second-order valence-corrected chi connectivity index (χ2v) is 9.45. The Morgan fingerprint density at radius 3 is 2.69 bits per heavy atom. The minimum atomic E-state index is -0.718. The lowest BCUT2D eigenvalue weighted by atomic mass is 9.46. The highest BCUT2D eigenvalue weighted by atomic mass is 16.4. The smallest absolute Gasteiger partial charge is 0.303 e. The van der Waals surface area contributed by atoms with Crippen molar-refractivity contribution in [2.45, 2.75) is 103 Å². The van der Waals surface area contributed by atoms with Crippen LogP contribution >= 0.6 is 0 Å². The van der Waals surface area contributed by atoms with Gasteiger partial charge in [0.05, 0.1) is 12.0 Å². The third-order valence-corrected chi connectivity index (χ3v) is 7.88. The van der Waals surface area contributed by atoms with Gasteiger partial charge >= 0.3 is 5.97 Å². The molecule has 1 unspecified atom stereocenters. The first-order chi connectivity index (χ1) is 14.0. The van der Waals surface area contributed by atoms with Crippen LogP contribution in [0.4, 0.5) is 0 Å². The second kappa shape index (κ2) is 10.1. The van der Waals surface area contributed by atoms with Crippen LogP contribution in [0.2, 0.25) is 0 Å². The van der Waals surface area contributed by atoms with Gasteiger partial charge in [-0.1, -0.05) is 49.7 Å². The molecule has 0 heterocycles. The van der Waals surface area contributed by atoms with E-state index in [9.17, 15) is 15.0 Å². The zero-order valence-electron chi connectivity index (χ0n) is 17.9. The Hall–Kier alpha value is -1.31. The first-order valence-corrected chi connectivity index (χ1v) is 11.8. The normalized spacial score (nSPS) is 34.6. The van der Waals surface area contributed by atoms with Crippen molar-refractivity contribution in [2.75, 3.05) is 0 Å². The molecule has 0 radical (unpaired) electrons. The number of allylic oxidation sites excluding steroid dienone is 2. The van der Waals surface area contributed by atoms with Crippen molar-refractivity contribution in [2.24, 2.45) is 23.2 Å². The van der Waals surface area contributed by atoms with Crippen LogP contribution in [0.5, 0.6) is 0 Å². The monoisotopic (exact) mass is 402 g/mol. The largest absolute Gasteiger partial charge is 0.481 e. The van der Waals surface area contributed by atoms with E-state index in [1.807, 2.05) is 0 Å². The molecular formula is C25H38O4. The highest BCUT2D eigenvalue weighted by Gasteiger charge is 2.56. The van der Waals surface area contributed by atoms with E-state index in [1.54, 1.807) is 0 Å². The van der Waals surface area contributed by atoms with Crippen LogP contribution in [0.1, 0.15) is 90.4 Å². The Morgan fingerprint density at radius 2 is 2.00 bits per heavy atom. The van der Waals surface area contributed by atoms with Crippen molar-refractivity contribution in [1.82, 2.24) is 0 Å². The summed E-state index contributed by atoms with van der Waals surface area (Å²) >= 11 is 0. The summed E-state index contributed by atoms with van der Waals surface area (Å²) < 4.78 is 0. The lowest BCUT2D eigenvalue weighted by Gasteiger charge is -2.58. The molecule has 3 N–H and O–H groups in total. The van der Waals surface area contributed by atoms with Crippen LogP contribution in [0, 0.1) is 35.0 Å². The van der Waals surface area contributed by atoms with E-state index < -0.39 is 12.1 Å². The summed E-state index contributed by atoms with van der Waals surface area (Å²) in [7, 11) is 0. The number of aliphatic hydroxyl groups is 2. The predicted octanol–water partition coefficient (Wildman–Crippen LogP) is 4.69. The van der Waals surface area contributed by atoms with E-state index in [0.717, 1.165) is 57.8 Å². The Balaban J connectivity index is 1.62. The Kier molecular flexibility index (Phi) is 7.82. The van der Waals surface area contributed by atoms with Crippen molar-refractivity contribution < 1.29 is 20.1 Å². The van der Waals surface area contributed by atoms with Gasteiger partial charge < -0.3 is 15.3 Å². The van der Waals surface area contributed by atoms with E-state index in [2.05, 4.69) is 24.8 Å². The zero-order chi connectivity index (χ0) is 20.9. The maximum Gasteiger partial charge on any atom is 0.303 e. The zero-order valence-corrected chi connectivity index (χ0v) is 17.9. The molecule has 0 saturated heterocycles. The molecule has 0 aromatic carbocycles. The van der Waals surface area contributed by atoms with Gasteiger partial charge in [-0.2, -0.15) is 0 Å². The fraction of sp³-hybridized carbons (Fsp3) is 0.800. The Bertz CT molecular complexity index is 651. The molecule has 4 heteroatoms. The lowest BCUT2D eigenvalue weighted by Crippen LogP contribution is -2.53. The van der Waals surface area contributed by atoms with E-state index in [-0.39, 0.29) is 23.9 Å². The Labute approximate surface area is 175 Å². The lowest BCUT2D eigenvalue weighted by molar-refractivity contribution is -0.137. The quantitative estimate of drug-likeness (QED) is 0.328. The Morgan fingerprint density at radius 1 is 1.24 bits per heavy atom. The van der Waals surface area contributed by atoms with Crippen LogP contribution in [0.25, 0.3) is 0 Å². The average molecular weight is 403 g/mol. The van der Waals surface area contributed by atoms with Gasteiger partial charge in [0, 0.05) is 6.42 Å². The van der Waals surface area contributed by atoms with Gasteiger partial charge in [0.2, 0.25) is 0 Å². The molecule has 0 spiro atoms. The van der Waals surface area contributed by atoms with Crippen LogP contribution in [-0.2, 0) is 4.79 Å². The van der Waals surface area contributed by atoms with Gasteiger partial charge in [-0.15, -0.1) is 0 Å². The number of carboxylic acids is 1. The number of carbonyl (C=O) groups is 1. The molecule has 0 bridgehead atoms. The molecule has 29 heavy (non-hydrogen) atoms. The molecule has 5 atom stereocenters. The third kappa shape index (κ3) is 5.06. The summed E-state index contributed by atoms with van der Waals surface area (Å²) in [5.41, 5.74) is 1.65. The standard InChI is InChI=1S/C25H38O4/c1-2-25-16-15-23(27)20(13-14-22(26)18-9-5-3-6-10-18)21(25)17-19(25)11-7-4-8-12-24(28)29/h11,18,20-23,26-27H,2-10,12,15-17H2,1H3,(H,28,29)/t20-,21-,22?,23-,25-/m0/s1. The molecular weight excluding hydrogens is 364 g/mol. The molecule has 0 amide bonds. The van der Waals surface area contributed by atoms with Gasteiger partial charge in [0.1, 0.15) is 6.10 Å². The van der Waals surface area contributed by atoms with Gasteiger partial charge in [-0.3, -0.25) is 4.79 Å². The number of carboxylic acid groups (broad SMARTS) is 1. The highest BCUT2D eigenvalue weighted by molar-refractivity contribution is 5.66. The topological polar surface area (TPSA) is 77.8 Å². The maximum absolute atomic E-state index is 10.7.